The van der Waals surface area contributed by atoms with E-state index in [2.05, 4.69) is 0 Å². The van der Waals surface area contributed by atoms with Gasteiger partial charge in [0, 0.05) is 5.56 Å². The fourth-order valence-electron chi connectivity index (χ4n) is 4.60. The quantitative estimate of drug-likeness (QED) is 0.401. The molecular formula is C27H23NO3. The first-order valence-electron chi connectivity index (χ1n) is 10.6. The molecule has 0 spiro atoms. The van der Waals surface area contributed by atoms with Gasteiger partial charge in [0.15, 0.2) is 0 Å². The number of amides is 2. The van der Waals surface area contributed by atoms with Crippen LogP contribution >= 0.6 is 0 Å². The molecule has 0 bridgehead atoms. The van der Waals surface area contributed by atoms with Gasteiger partial charge in [0.05, 0.1) is 17.5 Å². The number of ether oxygens (including phenoxy) is 1. The first-order chi connectivity index (χ1) is 15.1. The molecule has 1 fully saturated rings. The molecule has 31 heavy (non-hydrogen) atoms. The van der Waals surface area contributed by atoms with E-state index < -0.39 is 0 Å². The number of anilines is 1. The molecule has 4 heteroatoms. The molecule has 3 aromatic rings. The Labute approximate surface area is 181 Å². The molecular weight excluding hydrogens is 386 g/mol. The van der Waals surface area contributed by atoms with Crippen LogP contribution in [0.3, 0.4) is 0 Å². The summed E-state index contributed by atoms with van der Waals surface area (Å²) in [7, 11) is 0. The third-order valence-corrected chi connectivity index (χ3v) is 6.17. The minimum atomic E-state index is -0.258. The van der Waals surface area contributed by atoms with Crippen LogP contribution in [0, 0.1) is 17.8 Å². The van der Waals surface area contributed by atoms with Crippen molar-refractivity contribution in [3.8, 4) is 22.6 Å². The van der Waals surface area contributed by atoms with Gasteiger partial charge in [-0.15, -0.1) is 0 Å². The van der Waals surface area contributed by atoms with Gasteiger partial charge < -0.3 is 4.74 Å². The lowest BCUT2D eigenvalue weighted by atomic mass is 9.78. The van der Waals surface area contributed by atoms with Crippen LogP contribution in [0.5, 0.6) is 11.5 Å². The second-order valence-corrected chi connectivity index (χ2v) is 8.13. The van der Waals surface area contributed by atoms with Crippen molar-refractivity contribution in [1.29, 1.82) is 0 Å². The third-order valence-electron chi connectivity index (χ3n) is 6.17. The van der Waals surface area contributed by atoms with Gasteiger partial charge in [-0.25, -0.2) is 0 Å². The highest BCUT2D eigenvalue weighted by Crippen LogP contribution is 2.41. The average Bonchev–Trinajstić information content (AvgIpc) is 3.06. The maximum atomic E-state index is 13.0. The van der Waals surface area contributed by atoms with Gasteiger partial charge in [0.1, 0.15) is 11.5 Å². The highest BCUT2D eigenvalue weighted by molar-refractivity contribution is 6.22. The highest BCUT2D eigenvalue weighted by Gasteiger charge is 2.50. The first kappa shape index (κ1) is 19.3. The van der Waals surface area contributed by atoms with Crippen molar-refractivity contribution in [3.63, 3.8) is 0 Å². The van der Waals surface area contributed by atoms with E-state index >= 15 is 0 Å². The molecule has 3 atom stereocenters. The second kappa shape index (κ2) is 7.88. The predicted octanol–water partition coefficient (Wildman–Crippen LogP) is 5.85. The van der Waals surface area contributed by atoms with Crippen LogP contribution in [-0.4, -0.2) is 11.8 Å². The fraction of sp³-hybridized carbons (Fsp3) is 0.185. The number of fused-ring (bicyclic) bond motifs is 1. The van der Waals surface area contributed by atoms with Crippen LogP contribution in [0.15, 0.2) is 91.0 Å². The highest BCUT2D eigenvalue weighted by atomic mass is 16.5. The standard InChI is InChI=1S/C27H23NO3/c1-18-8-7-12-23-25(18)27(30)28(26(23)29)20-14-16-21(17-15-20)31-24-13-6-5-11-22(24)19-9-3-2-4-10-19/h2-11,13-18,23,25H,12H2,1H3/t18-,23-,25-/m1/s1. The van der Waals surface area contributed by atoms with Gasteiger partial charge in [-0.2, -0.15) is 0 Å². The molecule has 1 aliphatic heterocycles. The van der Waals surface area contributed by atoms with Crippen molar-refractivity contribution in [2.45, 2.75) is 13.3 Å². The Bertz CT molecular complexity index is 1150. The van der Waals surface area contributed by atoms with E-state index in [0.29, 0.717) is 17.9 Å². The number of imide groups is 1. The monoisotopic (exact) mass is 409 g/mol. The summed E-state index contributed by atoms with van der Waals surface area (Å²) in [6, 6.07) is 25.1. The Kier molecular flexibility index (Phi) is 4.91. The summed E-state index contributed by atoms with van der Waals surface area (Å²) in [4.78, 5) is 27.2. The van der Waals surface area contributed by atoms with Gasteiger partial charge in [0.2, 0.25) is 11.8 Å². The molecule has 154 valence electrons. The number of benzene rings is 3. The number of hydrogen-bond acceptors (Lipinski definition) is 3. The lowest BCUT2D eigenvalue weighted by Gasteiger charge is -2.22. The Hall–Kier alpha value is -3.66. The molecule has 0 unspecified atom stereocenters. The van der Waals surface area contributed by atoms with Gasteiger partial charge in [-0.05, 0) is 48.2 Å². The number of para-hydroxylation sites is 1. The summed E-state index contributed by atoms with van der Waals surface area (Å²) in [5.41, 5.74) is 2.68. The van der Waals surface area contributed by atoms with E-state index in [4.69, 9.17) is 4.74 Å². The number of allylic oxidation sites excluding steroid dienone is 2. The van der Waals surface area contributed by atoms with E-state index in [-0.39, 0.29) is 29.6 Å². The second-order valence-electron chi connectivity index (χ2n) is 8.13. The summed E-state index contributed by atoms with van der Waals surface area (Å²) in [6.07, 6.45) is 4.69. The lowest BCUT2D eigenvalue weighted by Crippen LogP contribution is -2.31. The van der Waals surface area contributed by atoms with Crippen molar-refractivity contribution in [2.24, 2.45) is 17.8 Å². The molecule has 1 heterocycles. The lowest BCUT2D eigenvalue weighted by molar-refractivity contribution is -0.122. The van der Waals surface area contributed by atoms with E-state index in [9.17, 15) is 9.59 Å². The van der Waals surface area contributed by atoms with Gasteiger partial charge in [-0.3, -0.25) is 14.5 Å². The number of carbonyl (C=O) groups is 2. The number of nitrogens with zero attached hydrogens (tertiary/aromatic N) is 1. The topological polar surface area (TPSA) is 46.6 Å². The first-order valence-corrected chi connectivity index (χ1v) is 10.6. The molecule has 1 aliphatic carbocycles. The van der Waals surface area contributed by atoms with Gasteiger partial charge >= 0.3 is 0 Å². The van der Waals surface area contributed by atoms with Crippen molar-refractivity contribution in [1.82, 2.24) is 0 Å². The predicted molar refractivity (Wildman–Crippen MR) is 121 cm³/mol. The Morgan fingerprint density at radius 1 is 0.839 bits per heavy atom. The van der Waals surface area contributed by atoms with Gasteiger partial charge in [0.25, 0.3) is 0 Å². The molecule has 0 radical (unpaired) electrons. The molecule has 2 amide bonds. The maximum Gasteiger partial charge on any atom is 0.238 e. The largest absolute Gasteiger partial charge is 0.457 e. The van der Waals surface area contributed by atoms with Crippen LogP contribution in [0.2, 0.25) is 0 Å². The van der Waals surface area contributed by atoms with Crippen LogP contribution in [0.4, 0.5) is 5.69 Å². The summed E-state index contributed by atoms with van der Waals surface area (Å²) >= 11 is 0. The summed E-state index contributed by atoms with van der Waals surface area (Å²) < 4.78 is 6.15. The van der Waals surface area contributed by atoms with Crippen molar-refractivity contribution in [3.05, 3.63) is 91.0 Å². The Balaban J connectivity index is 1.39. The van der Waals surface area contributed by atoms with Crippen LogP contribution in [0.1, 0.15) is 13.3 Å². The third kappa shape index (κ3) is 3.44. The Morgan fingerprint density at radius 3 is 2.29 bits per heavy atom. The minimum absolute atomic E-state index is 0.0808. The van der Waals surface area contributed by atoms with E-state index in [1.54, 1.807) is 24.3 Å². The molecule has 0 saturated carbocycles. The molecule has 5 rings (SSSR count). The molecule has 1 saturated heterocycles. The van der Waals surface area contributed by atoms with Crippen molar-refractivity contribution >= 4 is 17.5 Å². The molecule has 2 aliphatic rings. The smallest absolute Gasteiger partial charge is 0.238 e. The minimum Gasteiger partial charge on any atom is -0.457 e. The molecule has 0 aromatic heterocycles. The summed E-state index contributed by atoms with van der Waals surface area (Å²) in [6.45, 7) is 2.00. The van der Waals surface area contributed by atoms with Crippen LogP contribution < -0.4 is 9.64 Å². The Morgan fingerprint density at radius 2 is 1.55 bits per heavy atom. The van der Waals surface area contributed by atoms with E-state index in [1.165, 1.54) is 4.90 Å². The maximum absolute atomic E-state index is 13.0. The number of hydrogen-bond donors (Lipinski definition) is 0. The zero-order valence-corrected chi connectivity index (χ0v) is 17.3. The summed E-state index contributed by atoms with van der Waals surface area (Å²) in [5, 5.41) is 0. The average molecular weight is 409 g/mol. The SMILES string of the molecule is C[C@@H]1C=CC[C@H]2C(=O)N(c3ccc(Oc4ccccc4-c4ccccc4)cc3)C(=O)[C@H]12. The fourth-order valence-corrected chi connectivity index (χ4v) is 4.60. The number of rotatable bonds is 4. The van der Waals surface area contributed by atoms with Crippen molar-refractivity contribution in [2.75, 3.05) is 4.90 Å². The zero-order chi connectivity index (χ0) is 21.4. The molecule has 4 nitrogen and oxygen atoms in total. The molecule has 0 N–H and O–H groups in total. The van der Waals surface area contributed by atoms with E-state index in [0.717, 1.165) is 16.9 Å². The van der Waals surface area contributed by atoms with Crippen LogP contribution in [-0.2, 0) is 9.59 Å². The molecule has 3 aromatic carbocycles. The summed E-state index contributed by atoms with van der Waals surface area (Å²) in [5.74, 6) is 0.772. The van der Waals surface area contributed by atoms with Crippen LogP contribution in [0.25, 0.3) is 11.1 Å². The number of carbonyl (C=O) groups excluding carboxylic acids is 2. The normalized spacial score (nSPS) is 22.5. The van der Waals surface area contributed by atoms with Gasteiger partial charge in [-0.1, -0.05) is 67.6 Å². The van der Waals surface area contributed by atoms with Crippen molar-refractivity contribution < 1.29 is 14.3 Å². The zero-order valence-electron chi connectivity index (χ0n) is 17.3. The van der Waals surface area contributed by atoms with E-state index in [1.807, 2.05) is 73.7 Å².